The van der Waals surface area contributed by atoms with Gasteiger partial charge in [-0.3, -0.25) is 5.32 Å². The van der Waals surface area contributed by atoms with Crippen molar-refractivity contribution >= 4 is 23.4 Å². The second kappa shape index (κ2) is 7.79. The van der Waals surface area contributed by atoms with Crippen molar-refractivity contribution in [2.24, 2.45) is 0 Å². The van der Waals surface area contributed by atoms with Crippen LogP contribution in [0.15, 0.2) is 24.3 Å². The van der Waals surface area contributed by atoms with Crippen molar-refractivity contribution in [3.63, 3.8) is 0 Å². The zero-order valence-electron chi connectivity index (χ0n) is 11.7. The molecule has 0 aliphatic carbocycles. The van der Waals surface area contributed by atoms with Crippen LogP contribution in [0.3, 0.4) is 0 Å². The van der Waals surface area contributed by atoms with Crippen LogP contribution in [-0.4, -0.2) is 17.3 Å². The molecular weight excluding hydrogens is 276 g/mol. The molecule has 1 aromatic rings. The maximum atomic E-state index is 9.24. The maximum Gasteiger partial charge on any atom is 0.104 e. The Morgan fingerprint density at radius 3 is 2.53 bits per heavy atom. The lowest BCUT2D eigenvalue weighted by Gasteiger charge is -2.25. The lowest BCUT2D eigenvalue weighted by molar-refractivity contribution is 0.397. The second-order valence-electron chi connectivity index (χ2n) is 5.17. The minimum absolute atomic E-state index is 0.325. The number of rotatable bonds is 7. The maximum absolute atomic E-state index is 9.24. The van der Waals surface area contributed by atoms with Gasteiger partial charge in [0.1, 0.15) is 5.54 Å². The summed E-state index contributed by atoms with van der Waals surface area (Å²) in [6.45, 7) is 6.10. The number of halogens is 1. The molecular formula is C15H21ClN2S. The van der Waals surface area contributed by atoms with Gasteiger partial charge in [-0.15, -0.1) is 0 Å². The van der Waals surface area contributed by atoms with Gasteiger partial charge in [-0.05, 0) is 50.6 Å². The second-order valence-corrected chi connectivity index (χ2v) is 6.71. The summed E-state index contributed by atoms with van der Waals surface area (Å²) >= 11 is 7.70. The molecule has 1 aromatic carbocycles. The molecule has 19 heavy (non-hydrogen) atoms. The number of benzene rings is 1. The predicted octanol–water partition coefficient (Wildman–Crippen LogP) is 4.24. The largest absolute Gasteiger partial charge is 0.297 e. The van der Waals surface area contributed by atoms with Gasteiger partial charge in [0.05, 0.1) is 6.07 Å². The van der Waals surface area contributed by atoms with Crippen molar-refractivity contribution in [3.05, 3.63) is 34.9 Å². The van der Waals surface area contributed by atoms with E-state index in [1.54, 1.807) is 0 Å². The average Bonchev–Trinajstić information content (AvgIpc) is 2.36. The predicted molar refractivity (Wildman–Crippen MR) is 84.5 cm³/mol. The fourth-order valence-corrected chi connectivity index (χ4v) is 3.10. The fourth-order valence-electron chi connectivity index (χ4n) is 1.84. The Labute approximate surface area is 125 Å². The Morgan fingerprint density at radius 1 is 1.37 bits per heavy atom. The first-order valence-electron chi connectivity index (χ1n) is 6.46. The van der Waals surface area contributed by atoms with E-state index in [4.69, 9.17) is 11.6 Å². The van der Waals surface area contributed by atoms with Gasteiger partial charge in [-0.1, -0.05) is 23.7 Å². The number of thioether (sulfide) groups is 1. The zero-order chi connectivity index (χ0) is 14.3. The molecule has 0 saturated carbocycles. The van der Waals surface area contributed by atoms with E-state index in [2.05, 4.69) is 25.2 Å². The third-order valence-electron chi connectivity index (χ3n) is 2.78. The lowest BCUT2D eigenvalue weighted by Crippen LogP contribution is -2.45. The van der Waals surface area contributed by atoms with Crippen molar-refractivity contribution in [1.82, 2.24) is 5.32 Å². The van der Waals surface area contributed by atoms with E-state index in [1.165, 1.54) is 5.56 Å². The van der Waals surface area contributed by atoms with Crippen molar-refractivity contribution in [2.45, 2.75) is 44.5 Å². The molecule has 0 aliphatic heterocycles. The SMILES string of the molecule is CC(C)NC(C)(C#N)CCSCc1ccc(Cl)cc1. The van der Waals surface area contributed by atoms with Crippen molar-refractivity contribution in [1.29, 1.82) is 5.26 Å². The highest BCUT2D eigenvalue weighted by Gasteiger charge is 2.23. The number of hydrogen-bond donors (Lipinski definition) is 1. The normalized spacial score (nSPS) is 14.1. The van der Waals surface area contributed by atoms with Crippen LogP contribution in [0.5, 0.6) is 0 Å². The topological polar surface area (TPSA) is 35.8 Å². The molecule has 0 heterocycles. The summed E-state index contributed by atoms with van der Waals surface area (Å²) in [6, 6.07) is 10.6. The van der Waals surface area contributed by atoms with E-state index >= 15 is 0 Å². The molecule has 0 radical (unpaired) electrons. The summed E-state index contributed by atoms with van der Waals surface area (Å²) in [5, 5.41) is 13.3. The van der Waals surface area contributed by atoms with Crippen molar-refractivity contribution < 1.29 is 0 Å². The van der Waals surface area contributed by atoms with E-state index in [0.717, 1.165) is 22.9 Å². The van der Waals surface area contributed by atoms with Crippen LogP contribution in [0, 0.1) is 11.3 Å². The van der Waals surface area contributed by atoms with Crippen molar-refractivity contribution in [3.8, 4) is 6.07 Å². The minimum Gasteiger partial charge on any atom is -0.297 e. The standard InChI is InChI=1S/C15H21ClN2S/c1-12(2)18-15(3,11-17)8-9-19-10-13-4-6-14(16)7-5-13/h4-7,12,18H,8-10H2,1-3H3. The molecule has 0 aromatic heterocycles. The van der Waals surface area contributed by atoms with Gasteiger partial charge in [-0.25, -0.2) is 0 Å². The number of nitrogens with zero attached hydrogens (tertiary/aromatic N) is 1. The summed E-state index contributed by atoms with van der Waals surface area (Å²) in [6.07, 6.45) is 0.847. The molecule has 1 unspecified atom stereocenters. The first-order chi connectivity index (χ1) is 8.95. The highest BCUT2D eigenvalue weighted by molar-refractivity contribution is 7.98. The average molecular weight is 297 g/mol. The molecule has 1 atom stereocenters. The van der Waals surface area contributed by atoms with Gasteiger partial charge in [0.15, 0.2) is 0 Å². The van der Waals surface area contributed by atoms with Gasteiger partial charge in [-0.2, -0.15) is 17.0 Å². The molecule has 4 heteroatoms. The van der Waals surface area contributed by atoms with Crippen molar-refractivity contribution in [2.75, 3.05) is 5.75 Å². The van der Waals surface area contributed by atoms with Gasteiger partial charge in [0.2, 0.25) is 0 Å². The van der Waals surface area contributed by atoms with E-state index in [0.29, 0.717) is 6.04 Å². The van der Waals surface area contributed by atoms with Crippen LogP contribution in [0.2, 0.25) is 5.02 Å². The highest BCUT2D eigenvalue weighted by atomic mass is 35.5. The lowest BCUT2D eigenvalue weighted by atomic mass is 10.0. The van der Waals surface area contributed by atoms with Gasteiger partial charge >= 0.3 is 0 Å². The summed E-state index contributed by atoms with van der Waals surface area (Å²) in [5.41, 5.74) is 0.839. The number of nitriles is 1. The summed E-state index contributed by atoms with van der Waals surface area (Å²) in [4.78, 5) is 0. The molecule has 1 N–H and O–H groups in total. The van der Waals surface area contributed by atoms with E-state index in [-0.39, 0.29) is 0 Å². The third-order valence-corrected chi connectivity index (χ3v) is 4.06. The first-order valence-corrected chi connectivity index (χ1v) is 7.99. The van der Waals surface area contributed by atoms with Gasteiger partial charge < -0.3 is 0 Å². The minimum atomic E-state index is -0.429. The summed E-state index contributed by atoms with van der Waals surface area (Å²) < 4.78 is 0. The Hall–Kier alpha value is -0.690. The van der Waals surface area contributed by atoms with Crippen LogP contribution in [0.25, 0.3) is 0 Å². The number of nitrogens with one attached hydrogen (secondary N) is 1. The Kier molecular flexibility index (Phi) is 6.71. The smallest absolute Gasteiger partial charge is 0.104 e. The van der Waals surface area contributed by atoms with Crippen LogP contribution in [0.1, 0.15) is 32.8 Å². The highest BCUT2D eigenvalue weighted by Crippen LogP contribution is 2.19. The quantitative estimate of drug-likeness (QED) is 0.764. The molecule has 2 nitrogen and oxygen atoms in total. The summed E-state index contributed by atoms with van der Waals surface area (Å²) in [7, 11) is 0. The zero-order valence-corrected chi connectivity index (χ0v) is 13.3. The fraction of sp³-hybridized carbons (Fsp3) is 0.533. The van der Waals surface area contributed by atoms with Gasteiger partial charge in [0.25, 0.3) is 0 Å². The molecule has 1 rings (SSSR count). The molecule has 0 amide bonds. The third kappa shape index (κ3) is 6.33. The molecule has 0 aliphatic rings. The van der Waals surface area contributed by atoms with E-state index in [9.17, 15) is 5.26 Å². The molecule has 104 valence electrons. The van der Waals surface area contributed by atoms with Crippen LogP contribution < -0.4 is 5.32 Å². The van der Waals surface area contributed by atoms with Crippen LogP contribution in [0.4, 0.5) is 0 Å². The summed E-state index contributed by atoms with van der Waals surface area (Å²) in [5.74, 6) is 1.92. The van der Waals surface area contributed by atoms with E-state index < -0.39 is 5.54 Å². The van der Waals surface area contributed by atoms with E-state index in [1.807, 2.05) is 43.0 Å². The molecule has 0 spiro atoms. The molecule has 0 bridgehead atoms. The molecule has 0 saturated heterocycles. The van der Waals surface area contributed by atoms with Gasteiger partial charge in [0, 0.05) is 16.8 Å². The first kappa shape index (κ1) is 16.4. The monoisotopic (exact) mass is 296 g/mol. The van der Waals surface area contributed by atoms with Crippen LogP contribution >= 0.6 is 23.4 Å². The molecule has 0 fully saturated rings. The van der Waals surface area contributed by atoms with Crippen LogP contribution in [-0.2, 0) is 5.75 Å². The Balaban J connectivity index is 2.33. The number of hydrogen-bond acceptors (Lipinski definition) is 3. The Bertz CT molecular complexity index is 425. The Morgan fingerprint density at radius 2 is 2.00 bits per heavy atom.